The van der Waals surface area contributed by atoms with Crippen molar-refractivity contribution < 1.29 is 27.8 Å². The summed E-state index contributed by atoms with van der Waals surface area (Å²) in [6.45, 7) is 0. The van der Waals surface area contributed by atoms with Gasteiger partial charge in [-0.2, -0.15) is 8.78 Å². The second-order valence-corrected chi connectivity index (χ2v) is 5.47. The van der Waals surface area contributed by atoms with Crippen molar-refractivity contribution >= 4 is 23.4 Å². The van der Waals surface area contributed by atoms with Gasteiger partial charge in [0, 0.05) is 5.56 Å². The molecule has 0 aliphatic heterocycles. The summed E-state index contributed by atoms with van der Waals surface area (Å²) < 4.78 is 37.8. The van der Waals surface area contributed by atoms with Gasteiger partial charge in [-0.3, -0.25) is 4.79 Å². The maximum absolute atomic E-state index is 14.1. The topological polar surface area (TPSA) is 52.6 Å². The molecule has 0 bridgehead atoms. The molecule has 7 heteroatoms. The van der Waals surface area contributed by atoms with Gasteiger partial charge in [0.25, 0.3) is 0 Å². The number of alkyl halides is 2. The van der Waals surface area contributed by atoms with E-state index in [-0.39, 0.29) is 16.9 Å². The Morgan fingerprint density at radius 1 is 1.27 bits per heavy atom. The fourth-order valence-corrected chi connectivity index (χ4v) is 2.49. The highest BCUT2D eigenvalue weighted by Gasteiger charge is 2.46. The zero-order chi connectivity index (χ0) is 16.3. The van der Waals surface area contributed by atoms with Gasteiger partial charge < -0.3 is 9.47 Å². The zero-order valence-corrected chi connectivity index (χ0v) is 12.7. The smallest absolute Gasteiger partial charge is 0.381 e. The van der Waals surface area contributed by atoms with Crippen LogP contribution in [0.1, 0.15) is 31.2 Å². The first-order valence-corrected chi connectivity index (χ1v) is 7.21. The first-order chi connectivity index (χ1) is 10.4. The highest BCUT2D eigenvalue weighted by Crippen LogP contribution is 2.36. The Kier molecular flexibility index (Phi) is 5.01. The van der Waals surface area contributed by atoms with Crippen molar-refractivity contribution in [2.24, 2.45) is 0 Å². The number of ketones is 1. The summed E-state index contributed by atoms with van der Waals surface area (Å²) in [4.78, 5) is 22.5. The fraction of sp³-hybridized carbons (Fsp3) is 0.467. The first kappa shape index (κ1) is 16.7. The van der Waals surface area contributed by atoms with Gasteiger partial charge in [-0.15, -0.1) is 0 Å². The Morgan fingerprint density at radius 3 is 2.50 bits per heavy atom. The number of methoxy groups -OCH3 is 1. The average molecular weight is 333 g/mol. The molecular weight excluding hydrogens is 318 g/mol. The molecule has 0 N–H and O–H groups in total. The van der Waals surface area contributed by atoms with Gasteiger partial charge >= 0.3 is 17.7 Å². The minimum atomic E-state index is -3.99. The summed E-state index contributed by atoms with van der Waals surface area (Å²) in [5.74, 6) is -7.43. The molecule has 120 valence electrons. The van der Waals surface area contributed by atoms with Crippen LogP contribution in [0, 0.1) is 0 Å². The van der Waals surface area contributed by atoms with E-state index in [9.17, 15) is 18.4 Å². The van der Waals surface area contributed by atoms with E-state index < -0.39 is 23.2 Å². The molecule has 1 aliphatic rings. The van der Waals surface area contributed by atoms with Crippen LogP contribution in [0.3, 0.4) is 0 Å². The molecule has 1 aromatic carbocycles. The van der Waals surface area contributed by atoms with E-state index in [1.807, 2.05) is 0 Å². The molecule has 0 atom stereocenters. The Balaban J connectivity index is 2.27. The number of ether oxygens (including phenoxy) is 2. The fourth-order valence-electron chi connectivity index (χ4n) is 2.33. The number of carbonyl (C=O) groups excluding carboxylic acids is 2. The number of carbonyl (C=O) groups is 2. The van der Waals surface area contributed by atoms with Crippen molar-refractivity contribution in [2.75, 3.05) is 7.11 Å². The third kappa shape index (κ3) is 3.38. The molecule has 1 aliphatic carbocycles. The van der Waals surface area contributed by atoms with Gasteiger partial charge in [-0.1, -0.05) is 17.7 Å². The molecule has 0 heterocycles. The lowest BCUT2D eigenvalue weighted by Gasteiger charge is -2.18. The zero-order valence-electron chi connectivity index (χ0n) is 11.9. The second-order valence-electron chi connectivity index (χ2n) is 5.06. The van der Waals surface area contributed by atoms with E-state index >= 15 is 0 Å². The predicted molar refractivity (Wildman–Crippen MR) is 75.3 cm³/mol. The Labute approximate surface area is 131 Å². The lowest BCUT2D eigenvalue weighted by molar-refractivity contribution is -0.165. The van der Waals surface area contributed by atoms with Crippen LogP contribution < -0.4 is 4.74 Å². The molecule has 1 aromatic rings. The lowest BCUT2D eigenvalue weighted by Crippen LogP contribution is -2.33. The van der Waals surface area contributed by atoms with Crippen LogP contribution in [0.15, 0.2) is 18.2 Å². The van der Waals surface area contributed by atoms with Gasteiger partial charge in [-0.05, 0) is 37.8 Å². The van der Waals surface area contributed by atoms with E-state index in [0.717, 1.165) is 44.9 Å². The molecule has 0 aromatic heterocycles. The number of esters is 1. The first-order valence-electron chi connectivity index (χ1n) is 6.83. The predicted octanol–water partition coefficient (Wildman–Crippen LogP) is 3.50. The van der Waals surface area contributed by atoms with Gasteiger partial charge in [0.1, 0.15) is 5.75 Å². The maximum Gasteiger partial charge on any atom is 0.381 e. The molecule has 0 saturated heterocycles. The molecular formula is C15H15ClF2O4. The Morgan fingerprint density at radius 2 is 1.91 bits per heavy atom. The van der Waals surface area contributed by atoms with E-state index in [0.29, 0.717) is 0 Å². The van der Waals surface area contributed by atoms with Gasteiger partial charge in [0.15, 0.2) is 0 Å². The minimum absolute atomic E-state index is 0.0716. The van der Waals surface area contributed by atoms with Crippen LogP contribution in [0.25, 0.3) is 0 Å². The van der Waals surface area contributed by atoms with Crippen molar-refractivity contribution in [3.05, 3.63) is 28.8 Å². The van der Waals surface area contributed by atoms with Crippen molar-refractivity contribution in [3.63, 3.8) is 0 Å². The quantitative estimate of drug-likeness (QED) is 0.612. The highest BCUT2D eigenvalue weighted by atomic mass is 35.5. The number of Topliss-reactive ketones (excluding diaryl/α,β-unsaturated/α-hetero) is 1. The molecule has 2 rings (SSSR count). The van der Waals surface area contributed by atoms with Crippen molar-refractivity contribution in [1.82, 2.24) is 0 Å². The molecule has 4 nitrogen and oxygen atoms in total. The SMILES string of the molecule is COC(=O)C(=O)C(F)(F)c1ccc(Cl)c(OC2CCCC2)c1. The summed E-state index contributed by atoms with van der Waals surface area (Å²) in [5.41, 5.74) is -0.653. The molecule has 0 spiro atoms. The third-order valence-electron chi connectivity index (χ3n) is 3.55. The average Bonchev–Trinajstić information content (AvgIpc) is 3.00. The van der Waals surface area contributed by atoms with Crippen LogP contribution in [0.2, 0.25) is 5.02 Å². The number of hydrogen-bond donors (Lipinski definition) is 0. The molecule has 22 heavy (non-hydrogen) atoms. The Hall–Kier alpha value is -1.69. The Bertz CT molecular complexity index is 583. The van der Waals surface area contributed by atoms with Crippen LogP contribution >= 0.6 is 11.6 Å². The lowest BCUT2D eigenvalue weighted by atomic mass is 10.0. The summed E-state index contributed by atoms with van der Waals surface area (Å²) in [6.07, 6.45) is 3.62. The van der Waals surface area contributed by atoms with E-state index in [4.69, 9.17) is 16.3 Å². The summed E-state index contributed by atoms with van der Waals surface area (Å²) in [5, 5.41) is 0.178. The van der Waals surface area contributed by atoms with E-state index in [2.05, 4.69) is 4.74 Å². The highest BCUT2D eigenvalue weighted by molar-refractivity contribution is 6.36. The molecule has 0 amide bonds. The van der Waals surface area contributed by atoms with Crippen LogP contribution in [0.5, 0.6) is 5.75 Å². The molecule has 1 fully saturated rings. The molecule has 1 saturated carbocycles. The van der Waals surface area contributed by atoms with Crippen LogP contribution in [-0.4, -0.2) is 25.0 Å². The summed E-state index contributed by atoms with van der Waals surface area (Å²) >= 11 is 5.95. The summed E-state index contributed by atoms with van der Waals surface area (Å²) in [7, 11) is 0.868. The number of halogens is 3. The summed E-state index contributed by atoms with van der Waals surface area (Å²) in [6, 6.07) is 3.21. The van der Waals surface area contributed by atoms with Crippen LogP contribution in [0.4, 0.5) is 8.78 Å². The molecule has 0 unspecified atom stereocenters. The van der Waals surface area contributed by atoms with E-state index in [1.54, 1.807) is 0 Å². The van der Waals surface area contributed by atoms with Crippen molar-refractivity contribution in [2.45, 2.75) is 37.7 Å². The van der Waals surface area contributed by atoms with Gasteiger partial charge in [0.05, 0.1) is 18.2 Å². The van der Waals surface area contributed by atoms with Crippen molar-refractivity contribution in [1.29, 1.82) is 0 Å². The number of benzene rings is 1. The van der Waals surface area contributed by atoms with Gasteiger partial charge in [-0.25, -0.2) is 4.79 Å². The number of rotatable bonds is 5. The number of hydrogen-bond acceptors (Lipinski definition) is 4. The third-order valence-corrected chi connectivity index (χ3v) is 3.86. The minimum Gasteiger partial charge on any atom is -0.489 e. The van der Waals surface area contributed by atoms with Crippen molar-refractivity contribution in [3.8, 4) is 5.75 Å². The van der Waals surface area contributed by atoms with E-state index in [1.165, 1.54) is 6.07 Å². The largest absolute Gasteiger partial charge is 0.489 e. The second kappa shape index (κ2) is 6.60. The standard InChI is InChI=1S/C15H15ClF2O4/c1-21-14(20)13(19)15(17,18)9-6-7-11(16)12(8-9)22-10-4-2-3-5-10/h6-8,10H,2-5H2,1H3. The monoisotopic (exact) mass is 332 g/mol. The van der Waals surface area contributed by atoms with Crippen LogP contribution in [-0.2, 0) is 20.2 Å². The maximum atomic E-state index is 14.1. The normalized spacial score (nSPS) is 15.6. The molecule has 0 radical (unpaired) electrons. The van der Waals surface area contributed by atoms with Gasteiger partial charge in [0.2, 0.25) is 0 Å².